The van der Waals surface area contributed by atoms with Gasteiger partial charge in [0.15, 0.2) is 0 Å². The number of benzene rings is 1. The van der Waals surface area contributed by atoms with Crippen molar-refractivity contribution < 1.29 is 4.39 Å². The molecule has 1 aromatic carbocycles. The number of aromatic nitrogens is 3. The van der Waals surface area contributed by atoms with E-state index in [9.17, 15) is 0 Å². The first-order valence-corrected chi connectivity index (χ1v) is 13.1. The van der Waals surface area contributed by atoms with E-state index in [2.05, 4.69) is 25.2 Å². The van der Waals surface area contributed by atoms with E-state index in [-0.39, 0.29) is 17.7 Å². The number of nitrogens with zero attached hydrogens (tertiary/aromatic N) is 5. The smallest absolute Gasteiger partial charge is 0.241 e. The Balaban J connectivity index is 1.08. The first-order chi connectivity index (χ1) is 16.6. The summed E-state index contributed by atoms with van der Waals surface area (Å²) in [4.78, 5) is 8.90. The van der Waals surface area contributed by atoms with Crippen LogP contribution in [0.1, 0.15) is 44.9 Å². The molecular formula is C25H37FN8. The van der Waals surface area contributed by atoms with Crippen LogP contribution >= 0.6 is 0 Å². The van der Waals surface area contributed by atoms with Crippen LogP contribution in [-0.4, -0.2) is 64.5 Å². The van der Waals surface area contributed by atoms with Crippen molar-refractivity contribution in [3.63, 3.8) is 0 Å². The highest BCUT2D eigenvalue weighted by Gasteiger charge is 2.47. The second-order valence-corrected chi connectivity index (χ2v) is 10.8. The van der Waals surface area contributed by atoms with Gasteiger partial charge < -0.3 is 21.7 Å². The molecule has 2 aromatic rings. The Hall–Kier alpha value is -2.39. The summed E-state index contributed by atoms with van der Waals surface area (Å²) in [5.41, 5.74) is 12.6. The summed E-state index contributed by atoms with van der Waals surface area (Å²) in [7, 11) is 0. The summed E-state index contributed by atoms with van der Waals surface area (Å²) in [6.45, 7) is 5.52. The number of rotatable bonds is 4. The molecule has 0 bridgehead atoms. The third-order valence-electron chi connectivity index (χ3n) is 8.90. The summed E-state index contributed by atoms with van der Waals surface area (Å²) in [5, 5.41) is 7.94. The lowest BCUT2D eigenvalue weighted by molar-refractivity contribution is 0.167. The summed E-state index contributed by atoms with van der Waals surface area (Å²) in [6, 6.07) is 6.57. The highest BCUT2D eigenvalue weighted by Crippen LogP contribution is 2.40. The Morgan fingerprint density at radius 3 is 2.47 bits per heavy atom. The van der Waals surface area contributed by atoms with E-state index in [4.69, 9.17) is 11.5 Å². The zero-order chi connectivity index (χ0) is 23.2. The molecule has 3 aliphatic heterocycles. The predicted octanol–water partition coefficient (Wildman–Crippen LogP) is 2.64. The van der Waals surface area contributed by atoms with Crippen LogP contribution in [0.3, 0.4) is 0 Å². The van der Waals surface area contributed by atoms with Gasteiger partial charge in [0, 0.05) is 44.3 Å². The number of nitrogens with two attached hydrogens (primary N) is 2. The quantitative estimate of drug-likeness (QED) is 0.634. The Morgan fingerprint density at radius 1 is 0.971 bits per heavy atom. The van der Waals surface area contributed by atoms with Gasteiger partial charge >= 0.3 is 0 Å². The van der Waals surface area contributed by atoms with Crippen molar-refractivity contribution in [3.8, 4) is 5.69 Å². The third-order valence-corrected chi connectivity index (χ3v) is 8.90. The molecule has 34 heavy (non-hydrogen) atoms. The number of likely N-dealkylation sites (tertiary alicyclic amines) is 1. The predicted molar refractivity (Wildman–Crippen MR) is 132 cm³/mol. The number of hydrogen-bond acceptors (Lipinski definition) is 7. The number of nitrogen functional groups attached to an aromatic ring is 2. The van der Waals surface area contributed by atoms with Gasteiger partial charge in [0.05, 0.1) is 11.4 Å². The molecule has 9 heteroatoms. The first kappa shape index (κ1) is 22.1. The summed E-state index contributed by atoms with van der Waals surface area (Å²) in [5.74, 6) is 2.25. The largest absolute Gasteiger partial charge is 0.369 e. The molecule has 6 rings (SSSR count). The van der Waals surface area contributed by atoms with Gasteiger partial charge in [0.1, 0.15) is 5.82 Å². The molecule has 0 radical (unpaired) electrons. The van der Waals surface area contributed by atoms with Gasteiger partial charge in [0.25, 0.3) is 0 Å². The second-order valence-electron chi connectivity index (χ2n) is 10.8. The Morgan fingerprint density at radius 2 is 1.76 bits per heavy atom. The topological polar surface area (TPSA) is 101 Å². The van der Waals surface area contributed by atoms with Crippen molar-refractivity contribution >= 4 is 17.6 Å². The van der Waals surface area contributed by atoms with Crippen LogP contribution in [0.15, 0.2) is 18.2 Å². The lowest BCUT2D eigenvalue weighted by atomic mass is 9.81. The average molecular weight is 469 g/mol. The minimum absolute atomic E-state index is 0.0796. The summed E-state index contributed by atoms with van der Waals surface area (Å²) < 4.78 is 16.4. The molecule has 0 spiro atoms. The number of fused-ring (bicyclic) bond motifs is 1. The van der Waals surface area contributed by atoms with Crippen LogP contribution in [0.5, 0.6) is 0 Å². The van der Waals surface area contributed by atoms with E-state index in [0.717, 1.165) is 43.8 Å². The van der Waals surface area contributed by atoms with Gasteiger partial charge in [0.2, 0.25) is 11.9 Å². The minimum Gasteiger partial charge on any atom is -0.369 e. The van der Waals surface area contributed by atoms with Crippen molar-refractivity contribution in [2.24, 2.45) is 17.8 Å². The molecule has 1 aliphatic carbocycles. The number of halogens is 1. The van der Waals surface area contributed by atoms with Crippen LogP contribution < -0.4 is 21.7 Å². The molecule has 0 amide bonds. The fourth-order valence-corrected chi connectivity index (χ4v) is 7.17. The molecule has 8 nitrogen and oxygen atoms in total. The number of piperidine rings is 1. The van der Waals surface area contributed by atoms with E-state index in [0.29, 0.717) is 23.3 Å². The van der Waals surface area contributed by atoms with E-state index >= 15 is 4.39 Å². The molecule has 1 aromatic heterocycles. The fraction of sp³-hybridized carbons (Fsp3) is 0.680. The first-order valence-electron chi connectivity index (χ1n) is 13.1. The molecule has 3 saturated heterocycles. The Kier molecular flexibility index (Phi) is 5.85. The second kappa shape index (κ2) is 9.00. The van der Waals surface area contributed by atoms with Crippen molar-refractivity contribution in [3.05, 3.63) is 24.0 Å². The van der Waals surface area contributed by atoms with E-state index in [1.807, 2.05) is 12.1 Å². The number of hydrogen-bond donors (Lipinski definition) is 3. The summed E-state index contributed by atoms with van der Waals surface area (Å²) >= 11 is 0. The molecule has 5 N–H and O–H groups in total. The van der Waals surface area contributed by atoms with Gasteiger partial charge in [-0.2, -0.15) is 9.67 Å². The van der Waals surface area contributed by atoms with E-state index in [1.165, 1.54) is 62.5 Å². The van der Waals surface area contributed by atoms with Gasteiger partial charge in [-0.3, -0.25) is 4.90 Å². The molecule has 4 fully saturated rings. The number of nitrogens with one attached hydrogen (secondary N) is 1. The Labute approximate surface area is 200 Å². The highest BCUT2D eigenvalue weighted by atomic mass is 19.1. The van der Waals surface area contributed by atoms with Crippen LogP contribution in [0, 0.1) is 23.6 Å². The maximum absolute atomic E-state index is 15.1. The molecular weight excluding hydrogens is 431 g/mol. The lowest BCUT2D eigenvalue weighted by Gasteiger charge is -2.38. The summed E-state index contributed by atoms with van der Waals surface area (Å²) in [6.07, 6.45) is 9.26. The van der Waals surface area contributed by atoms with E-state index < -0.39 is 0 Å². The monoisotopic (exact) mass is 468 g/mol. The van der Waals surface area contributed by atoms with Crippen LogP contribution in [0.25, 0.3) is 5.69 Å². The fourth-order valence-electron chi connectivity index (χ4n) is 7.17. The third kappa shape index (κ3) is 4.02. The molecule has 1 saturated carbocycles. The lowest BCUT2D eigenvalue weighted by Crippen LogP contribution is -2.45. The molecule has 3 atom stereocenters. The molecule has 3 unspecified atom stereocenters. The SMILES string of the molecule is Nc1nc(N)n(-c2ccc(N3CCC(C4NCC5CN(C6CCCCC6)CC54)CC3)c(F)c2)n1. The standard InChI is InChI=1S/C25H37FN8/c26-21-12-19(34-25(28)30-24(27)31-34)6-7-22(21)32-10-8-16(9-11-32)23-20-15-33(14-17(20)13-29-23)18-4-2-1-3-5-18/h6-7,12,16-18,20,23,29H,1-5,8-11,13-15H2,(H4,27,28,30,31). The normalized spacial score (nSPS) is 29.1. The van der Waals surface area contributed by atoms with Crippen molar-refractivity contribution in [2.45, 2.75) is 57.0 Å². The highest BCUT2D eigenvalue weighted by molar-refractivity contribution is 5.54. The zero-order valence-electron chi connectivity index (χ0n) is 19.9. The van der Waals surface area contributed by atoms with Crippen LogP contribution in [0.4, 0.5) is 22.0 Å². The molecule has 184 valence electrons. The van der Waals surface area contributed by atoms with Gasteiger partial charge in [-0.15, -0.1) is 5.10 Å². The van der Waals surface area contributed by atoms with E-state index in [1.54, 1.807) is 0 Å². The average Bonchev–Trinajstić information content (AvgIpc) is 3.54. The maximum atomic E-state index is 15.1. The maximum Gasteiger partial charge on any atom is 0.241 e. The minimum atomic E-state index is -0.262. The Bertz CT molecular complexity index is 1010. The van der Waals surface area contributed by atoms with Gasteiger partial charge in [-0.25, -0.2) is 4.39 Å². The molecule has 4 aliphatic rings. The van der Waals surface area contributed by atoms with Crippen molar-refractivity contribution in [1.29, 1.82) is 0 Å². The zero-order valence-corrected chi connectivity index (χ0v) is 19.9. The van der Waals surface area contributed by atoms with Gasteiger partial charge in [-0.1, -0.05) is 19.3 Å². The number of anilines is 3. The molecule has 4 heterocycles. The van der Waals surface area contributed by atoms with Crippen LogP contribution in [0.2, 0.25) is 0 Å². The van der Waals surface area contributed by atoms with Crippen molar-refractivity contribution in [2.75, 3.05) is 49.1 Å². The van der Waals surface area contributed by atoms with Gasteiger partial charge in [-0.05, 0) is 62.1 Å². The van der Waals surface area contributed by atoms with Crippen LogP contribution in [-0.2, 0) is 0 Å². The van der Waals surface area contributed by atoms with Crippen molar-refractivity contribution in [1.82, 2.24) is 25.0 Å².